The van der Waals surface area contributed by atoms with E-state index in [2.05, 4.69) is 15.3 Å². The normalized spacial score (nSPS) is 10.3. The van der Waals surface area contributed by atoms with E-state index >= 15 is 0 Å². The highest BCUT2D eigenvalue weighted by molar-refractivity contribution is 7.99. The van der Waals surface area contributed by atoms with Crippen LogP contribution in [-0.2, 0) is 4.79 Å². The van der Waals surface area contributed by atoms with Crippen LogP contribution >= 0.6 is 11.8 Å². The van der Waals surface area contributed by atoms with Crippen molar-refractivity contribution in [2.75, 3.05) is 22.5 Å². The van der Waals surface area contributed by atoms with Crippen LogP contribution in [0.5, 0.6) is 0 Å². The number of thioether (sulfide) groups is 1. The van der Waals surface area contributed by atoms with Gasteiger partial charge in [-0.2, -0.15) is 0 Å². The van der Waals surface area contributed by atoms with Crippen LogP contribution in [0, 0.1) is 5.82 Å². The smallest absolute Gasteiger partial charge is 0.225 e. The monoisotopic (exact) mass is 307 g/mol. The van der Waals surface area contributed by atoms with Crippen molar-refractivity contribution in [3.8, 4) is 0 Å². The van der Waals surface area contributed by atoms with E-state index in [1.54, 1.807) is 0 Å². The summed E-state index contributed by atoms with van der Waals surface area (Å²) in [4.78, 5) is 19.7. The third-order valence-electron chi connectivity index (χ3n) is 2.43. The van der Waals surface area contributed by atoms with Gasteiger partial charge in [0, 0.05) is 23.9 Å². The average Bonchev–Trinajstić information content (AvgIpc) is 2.40. The molecule has 0 aliphatic carbocycles. The number of nitrogens with two attached hydrogens (primary N) is 2. The zero-order valence-corrected chi connectivity index (χ0v) is 11.9. The Balaban J connectivity index is 1.80. The van der Waals surface area contributed by atoms with Crippen molar-refractivity contribution in [3.63, 3.8) is 0 Å². The zero-order chi connectivity index (χ0) is 15.2. The number of amides is 1. The molecule has 0 atom stereocenters. The van der Waals surface area contributed by atoms with Crippen molar-refractivity contribution < 1.29 is 9.18 Å². The molecule has 0 saturated carbocycles. The molecule has 2 rings (SSSR count). The lowest BCUT2D eigenvalue weighted by atomic mass is 10.3. The van der Waals surface area contributed by atoms with Crippen LogP contribution in [0.15, 0.2) is 35.5 Å². The van der Waals surface area contributed by atoms with Gasteiger partial charge >= 0.3 is 0 Å². The molecule has 0 unspecified atom stereocenters. The first-order valence-electron chi connectivity index (χ1n) is 6.11. The number of rotatable bonds is 5. The number of halogens is 1. The highest BCUT2D eigenvalue weighted by Gasteiger charge is 2.06. The second-order valence-electron chi connectivity index (χ2n) is 4.15. The second-order valence-corrected chi connectivity index (χ2v) is 5.22. The predicted molar refractivity (Wildman–Crippen MR) is 81.2 cm³/mol. The quantitative estimate of drug-likeness (QED) is 0.575. The Morgan fingerprint density at radius 1 is 1.19 bits per heavy atom. The Bertz CT molecular complexity index is 615. The number of benzene rings is 1. The van der Waals surface area contributed by atoms with Crippen molar-refractivity contribution >= 4 is 35.0 Å². The van der Waals surface area contributed by atoms with Crippen LogP contribution in [0.4, 0.5) is 21.7 Å². The molecule has 5 N–H and O–H groups in total. The fraction of sp³-hybridized carbons (Fsp3) is 0.154. The van der Waals surface area contributed by atoms with E-state index < -0.39 is 0 Å². The van der Waals surface area contributed by atoms with Gasteiger partial charge in [0.25, 0.3) is 0 Å². The Morgan fingerprint density at radius 2 is 1.81 bits per heavy atom. The van der Waals surface area contributed by atoms with Crippen molar-refractivity contribution in [3.05, 3.63) is 36.1 Å². The maximum absolute atomic E-state index is 12.7. The molecule has 0 aliphatic rings. The number of nitrogens with zero attached hydrogens (tertiary/aromatic N) is 2. The van der Waals surface area contributed by atoms with E-state index in [1.807, 2.05) is 0 Å². The molecule has 110 valence electrons. The number of carbonyl (C=O) groups excluding carboxylic acids is 1. The minimum atomic E-state index is -0.347. The van der Waals surface area contributed by atoms with Gasteiger partial charge in [-0.15, -0.1) is 0 Å². The van der Waals surface area contributed by atoms with Gasteiger partial charge in [0.2, 0.25) is 5.91 Å². The Kier molecular flexibility index (Phi) is 4.94. The van der Waals surface area contributed by atoms with Gasteiger partial charge in [0.15, 0.2) is 5.16 Å². The van der Waals surface area contributed by atoms with Gasteiger partial charge in [-0.05, 0) is 24.3 Å². The van der Waals surface area contributed by atoms with Crippen molar-refractivity contribution in [2.45, 2.75) is 11.6 Å². The van der Waals surface area contributed by atoms with E-state index in [9.17, 15) is 9.18 Å². The Morgan fingerprint density at radius 3 is 2.43 bits per heavy atom. The van der Waals surface area contributed by atoms with Crippen LogP contribution in [0.3, 0.4) is 0 Å². The van der Waals surface area contributed by atoms with Gasteiger partial charge in [-0.1, -0.05) is 11.8 Å². The van der Waals surface area contributed by atoms with Crippen LogP contribution in [0.25, 0.3) is 0 Å². The van der Waals surface area contributed by atoms with E-state index in [0.29, 0.717) is 28.2 Å². The lowest BCUT2D eigenvalue weighted by Gasteiger charge is -2.05. The molecule has 0 fully saturated rings. The molecule has 1 amide bonds. The first-order valence-corrected chi connectivity index (χ1v) is 7.10. The number of carbonyl (C=O) groups is 1. The van der Waals surface area contributed by atoms with Gasteiger partial charge in [0.1, 0.15) is 17.5 Å². The molecule has 21 heavy (non-hydrogen) atoms. The summed E-state index contributed by atoms with van der Waals surface area (Å²) in [7, 11) is 0. The van der Waals surface area contributed by atoms with Crippen LogP contribution in [-0.4, -0.2) is 21.6 Å². The summed E-state index contributed by atoms with van der Waals surface area (Å²) in [5.74, 6) is 0.545. The zero-order valence-electron chi connectivity index (χ0n) is 11.0. The lowest BCUT2D eigenvalue weighted by molar-refractivity contribution is -0.115. The molecular weight excluding hydrogens is 293 g/mol. The summed E-state index contributed by atoms with van der Waals surface area (Å²) in [5.41, 5.74) is 11.7. The summed E-state index contributed by atoms with van der Waals surface area (Å²) in [6.45, 7) is 0. The molecule has 0 bridgehead atoms. The highest BCUT2D eigenvalue weighted by Crippen LogP contribution is 2.17. The molecular formula is C13H14FN5OS. The molecule has 0 radical (unpaired) electrons. The topological polar surface area (TPSA) is 107 Å². The summed E-state index contributed by atoms with van der Waals surface area (Å²) in [6.07, 6.45) is 0.264. The lowest BCUT2D eigenvalue weighted by Crippen LogP contribution is -2.12. The first kappa shape index (κ1) is 15.0. The molecule has 2 aromatic rings. The van der Waals surface area contributed by atoms with E-state index in [1.165, 1.54) is 42.1 Å². The predicted octanol–water partition coefficient (Wildman–Crippen LogP) is 1.90. The third-order valence-corrected chi connectivity index (χ3v) is 3.28. The molecule has 6 nitrogen and oxygen atoms in total. The van der Waals surface area contributed by atoms with Gasteiger partial charge in [-0.3, -0.25) is 4.79 Å². The molecule has 0 saturated heterocycles. The summed E-state index contributed by atoms with van der Waals surface area (Å²) in [6, 6.07) is 7.04. The molecule has 0 aliphatic heterocycles. The van der Waals surface area contributed by atoms with Gasteiger partial charge in [-0.25, -0.2) is 14.4 Å². The number of hydrogen-bond donors (Lipinski definition) is 3. The second kappa shape index (κ2) is 6.89. The van der Waals surface area contributed by atoms with Crippen molar-refractivity contribution in [1.29, 1.82) is 0 Å². The maximum atomic E-state index is 12.7. The molecule has 8 heteroatoms. The summed E-state index contributed by atoms with van der Waals surface area (Å²) < 4.78 is 12.7. The number of hydrogen-bond acceptors (Lipinski definition) is 6. The molecule has 1 heterocycles. The van der Waals surface area contributed by atoms with Crippen LogP contribution in [0.2, 0.25) is 0 Å². The fourth-order valence-electron chi connectivity index (χ4n) is 1.52. The average molecular weight is 307 g/mol. The Labute approximate surface area is 125 Å². The standard InChI is InChI=1S/C13H14FN5OS/c14-8-1-3-9(4-2-8)17-12(20)5-6-21-13-18-10(15)7-11(16)19-13/h1-4,7H,5-6H2,(H,17,20)(H4,15,16,18,19). The molecule has 1 aromatic carbocycles. The SMILES string of the molecule is Nc1cc(N)nc(SCCC(=O)Nc2ccc(F)cc2)n1. The van der Waals surface area contributed by atoms with E-state index in [-0.39, 0.29) is 18.1 Å². The van der Waals surface area contributed by atoms with Crippen molar-refractivity contribution in [2.24, 2.45) is 0 Å². The molecule has 0 spiro atoms. The number of nitrogen functional groups attached to an aromatic ring is 2. The van der Waals surface area contributed by atoms with Gasteiger partial charge in [0.05, 0.1) is 0 Å². The minimum absolute atomic E-state index is 0.175. The molecule has 1 aromatic heterocycles. The first-order chi connectivity index (χ1) is 10.0. The summed E-state index contributed by atoms with van der Waals surface area (Å²) in [5, 5.41) is 3.10. The maximum Gasteiger partial charge on any atom is 0.225 e. The van der Waals surface area contributed by atoms with E-state index in [0.717, 1.165) is 0 Å². The minimum Gasteiger partial charge on any atom is -0.383 e. The van der Waals surface area contributed by atoms with E-state index in [4.69, 9.17) is 11.5 Å². The number of nitrogens with one attached hydrogen (secondary N) is 1. The van der Waals surface area contributed by atoms with Gasteiger partial charge < -0.3 is 16.8 Å². The highest BCUT2D eigenvalue weighted by atomic mass is 32.2. The number of aromatic nitrogens is 2. The van der Waals surface area contributed by atoms with Crippen LogP contribution in [0.1, 0.15) is 6.42 Å². The summed E-state index contributed by atoms with van der Waals surface area (Å²) >= 11 is 1.29. The van der Waals surface area contributed by atoms with Crippen molar-refractivity contribution in [1.82, 2.24) is 9.97 Å². The fourth-order valence-corrected chi connectivity index (χ4v) is 2.33. The number of anilines is 3. The Hall–Kier alpha value is -2.35. The third kappa shape index (κ3) is 4.92. The van der Waals surface area contributed by atoms with Crippen LogP contribution < -0.4 is 16.8 Å². The largest absolute Gasteiger partial charge is 0.383 e.